The van der Waals surface area contributed by atoms with Crippen molar-refractivity contribution < 1.29 is 4.74 Å². The molecular formula is C13H19BO. The second kappa shape index (κ2) is 5.25. The summed E-state index contributed by atoms with van der Waals surface area (Å²) in [6.07, 6.45) is 6.91. The third-order valence-corrected chi connectivity index (χ3v) is 3.20. The molecule has 0 saturated heterocycles. The molecule has 15 heavy (non-hydrogen) atoms. The zero-order valence-corrected chi connectivity index (χ0v) is 9.54. The zero-order chi connectivity index (χ0) is 10.5. The Morgan fingerprint density at radius 1 is 1.20 bits per heavy atom. The first-order valence-electron chi connectivity index (χ1n) is 6.04. The summed E-state index contributed by atoms with van der Waals surface area (Å²) in [5.74, 6) is 1.82. The molecule has 0 amide bonds. The highest BCUT2D eigenvalue weighted by Gasteiger charge is 2.13. The Balaban J connectivity index is 1.81. The van der Waals surface area contributed by atoms with Crippen LogP contribution in [-0.2, 0) is 0 Å². The van der Waals surface area contributed by atoms with E-state index in [0.29, 0.717) is 0 Å². The first kappa shape index (κ1) is 10.6. The van der Waals surface area contributed by atoms with Gasteiger partial charge in [0.1, 0.15) is 13.6 Å². The molecule has 80 valence electrons. The van der Waals surface area contributed by atoms with Gasteiger partial charge in [-0.2, -0.15) is 0 Å². The molecule has 1 aliphatic rings. The van der Waals surface area contributed by atoms with Gasteiger partial charge in [-0.15, -0.1) is 0 Å². The molecule has 0 unspecified atom stereocenters. The fraction of sp³-hybridized carbons (Fsp3) is 0.538. The lowest BCUT2D eigenvalue weighted by Crippen LogP contribution is -2.15. The van der Waals surface area contributed by atoms with E-state index in [4.69, 9.17) is 4.74 Å². The lowest BCUT2D eigenvalue weighted by Gasteiger charge is -2.21. The molecule has 1 aromatic carbocycles. The summed E-state index contributed by atoms with van der Waals surface area (Å²) >= 11 is 0. The minimum Gasteiger partial charge on any atom is -0.493 e. The van der Waals surface area contributed by atoms with Crippen LogP contribution in [-0.4, -0.2) is 14.5 Å². The van der Waals surface area contributed by atoms with E-state index in [-0.39, 0.29) is 0 Å². The fourth-order valence-electron chi connectivity index (χ4n) is 2.27. The van der Waals surface area contributed by atoms with Crippen molar-refractivity contribution in [1.29, 1.82) is 0 Å². The molecule has 0 bridgehead atoms. The SMILES string of the molecule is Bc1cccc(OCC2CCCCC2)c1. The number of rotatable bonds is 3. The minimum atomic E-state index is 0.791. The Morgan fingerprint density at radius 2 is 2.00 bits per heavy atom. The average Bonchev–Trinajstić information content (AvgIpc) is 2.28. The Bertz CT molecular complexity index is 305. The van der Waals surface area contributed by atoms with E-state index >= 15 is 0 Å². The summed E-state index contributed by atoms with van der Waals surface area (Å²) in [6, 6.07) is 8.33. The van der Waals surface area contributed by atoms with Gasteiger partial charge in [-0.1, -0.05) is 36.9 Å². The first-order valence-corrected chi connectivity index (χ1v) is 6.04. The van der Waals surface area contributed by atoms with Crippen LogP contribution in [0.4, 0.5) is 0 Å². The van der Waals surface area contributed by atoms with E-state index in [9.17, 15) is 0 Å². The Kier molecular flexibility index (Phi) is 3.71. The van der Waals surface area contributed by atoms with Crippen LogP contribution in [0.25, 0.3) is 0 Å². The number of ether oxygens (including phenoxy) is 1. The molecule has 0 aliphatic heterocycles. The maximum absolute atomic E-state index is 5.83. The van der Waals surface area contributed by atoms with Gasteiger partial charge < -0.3 is 4.74 Å². The van der Waals surface area contributed by atoms with E-state index in [0.717, 1.165) is 18.3 Å². The highest BCUT2D eigenvalue weighted by atomic mass is 16.5. The molecule has 0 spiro atoms. The number of hydrogen-bond donors (Lipinski definition) is 0. The van der Waals surface area contributed by atoms with Crippen LogP contribution in [0.1, 0.15) is 32.1 Å². The monoisotopic (exact) mass is 202 g/mol. The van der Waals surface area contributed by atoms with Gasteiger partial charge in [0.25, 0.3) is 0 Å². The average molecular weight is 202 g/mol. The molecule has 2 heteroatoms. The molecule has 0 N–H and O–H groups in total. The van der Waals surface area contributed by atoms with E-state index < -0.39 is 0 Å². The normalized spacial score (nSPS) is 17.6. The van der Waals surface area contributed by atoms with E-state index in [1.54, 1.807) is 0 Å². The van der Waals surface area contributed by atoms with Gasteiger partial charge >= 0.3 is 0 Å². The molecule has 1 aromatic rings. The molecule has 2 rings (SSSR count). The fourth-order valence-corrected chi connectivity index (χ4v) is 2.27. The quantitative estimate of drug-likeness (QED) is 0.680. The van der Waals surface area contributed by atoms with Crippen molar-refractivity contribution in [1.82, 2.24) is 0 Å². The van der Waals surface area contributed by atoms with Crippen molar-refractivity contribution in [2.45, 2.75) is 32.1 Å². The molecule has 0 radical (unpaired) electrons. The van der Waals surface area contributed by atoms with Gasteiger partial charge in [0.15, 0.2) is 0 Å². The van der Waals surface area contributed by atoms with E-state index in [2.05, 4.69) is 32.1 Å². The highest BCUT2D eigenvalue weighted by Crippen LogP contribution is 2.24. The summed E-state index contributed by atoms with van der Waals surface area (Å²) in [5, 5.41) is 0. The van der Waals surface area contributed by atoms with Crippen LogP contribution in [0, 0.1) is 5.92 Å². The molecule has 1 aliphatic carbocycles. The predicted molar refractivity (Wildman–Crippen MR) is 66.7 cm³/mol. The lowest BCUT2D eigenvalue weighted by molar-refractivity contribution is 0.209. The van der Waals surface area contributed by atoms with Gasteiger partial charge in [0.2, 0.25) is 0 Å². The standard InChI is InChI=1S/C13H19BO/c14-12-7-4-8-13(9-12)15-10-11-5-2-1-3-6-11/h4,7-9,11H,1-3,5-6,10,14H2. The van der Waals surface area contributed by atoms with Crippen LogP contribution in [0.15, 0.2) is 24.3 Å². The molecule has 1 fully saturated rings. The molecular weight excluding hydrogens is 183 g/mol. The van der Waals surface area contributed by atoms with Gasteiger partial charge in [-0.25, -0.2) is 0 Å². The van der Waals surface area contributed by atoms with Crippen molar-refractivity contribution in [2.75, 3.05) is 6.61 Å². The summed E-state index contributed by atoms with van der Waals surface area (Å²) in [4.78, 5) is 0. The van der Waals surface area contributed by atoms with Crippen LogP contribution < -0.4 is 10.2 Å². The van der Waals surface area contributed by atoms with Gasteiger partial charge in [0, 0.05) is 0 Å². The lowest BCUT2D eigenvalue weighted by atomic mass is 9.90. The first-order chi connectivity index (χ1) is 7.34. The van der Waals surface area contributed by atoms with Crippen molar-refractivity contribution >= 4 is 13.3 Å². The summed E-state index contributed by atoms with van der Waals surface area (Å²) in [7, 11) is 2.10. The van der Waals surface area contributed by atoms with Crippen LogP contribution >= 0.6 is 0 Å². The molecule has 0 atom stereocenters. The number of hydrogen-bond acceptors (Lipinski definition) is 1. The molecule has 1 nitrogen and oxygen atoms in total. The third-order valence-electron chi connectivity index (χ3n) is 3.20. The minimum absolute atomic E-state index is 0.791. The van der Waals surface area contributed by atoms with Crippen molar-refractivity contribution in [2.24, 2.45) is 5.92 Å². The van der Waals surface area contributed by atoms with Gasteiger partial charge in [0.05, 0.1) is 6.61 Å². The van der Waals surface area contributed by atoms with Crippen molar-refractivity contribution in [3.63, 3.8) is 0 Å². The smallest absolute Gasteiger partial charge is 0.139 e. The van der Waals surface area contributed by atoms with Crippen LogP contribution in [0.2, 0.25) is 0 Å². The van der Waals surface area contributed by atoms with Gasteiger partial charge in [-0.3, -0.25) is 0 Å². The Morgan fingerprint density at radius 3 is 2.73 bits per heavy atom. The number of benzene rings is 1. The summed E-state index contributed by atoms with van der Waals surface area (Å²) in [6.45, 7) is 0.906. The Hall–Kier alpha value is -0.915. The molecule has 1 saturated carbocycles. The van der Waals surface area contributed by atoms with Crippen molar-refractivity contribution in [3.8, 4) is 5.75 Å². The zero-order valence-electron chi connectivity index (χ0n) is 9.54. The maximum atomic E-state index is 5.83. The second-order valence-electron chi connectivity index (χ2n) is 4.63. The third kappa shape index (κ3) is 3.30. The highest BCUT2D eigenvalue weighted by molar-refractivity contribution is 6.32. The Labute approximate surface area is 93.2 Å². The van der Waals surface area contributed by atoms with E-state index in [1.807, 2.05) is 0 Å². The maximum Gasteiger partial charge on any atom is 0.139 e. The predicted octanol–water partition coefficient (Wildman–Crippen LogP) is 1.90. The topological polar surface area (TPSA) is 9.23 Å². The largest absolute Gasteiger partial charge is 0.493 e. The second-order valence-corrected chi connectivity index (χ2v) is 4.63. The summed E-state index contributed by atoms with van der Waals surface area (Å²) in [5.41, 5.74) is 1.27. The van der Waals surface area contributed by atoms with Crippen LogP contribution in [0.3, 0.4) is 0 Å². The van der Waals surface area contributed by atoms with Crippen molar-refractivity contribution in [3.05, 3.63) is 24.3 Å². The molecule has 0 aromatic heterocycles. The van der Waals surface area contributed by atoms with Crippen LogP contribution in [0.5, 0.6) is 5.75 Å². The van der Waals surface area contributed by atoms with Gasteiger partial charge in [-0.05, 0) is 30.9 Å². The molecule has 0 heterocycles. The summed E-state index contributed by atoms with van der Waals surface area (Å²) < 4.78 is 5.83. The van der Waals surface area contributed by atoms with E-state index in [1.165, 1.54) is 37.6 Å².